The fourth-order valence-electron chi connectivity index (χ4n) is 0.827. The van der Waals surface area contributed by atoms with E-state index in [0.29, 0.717) is 0 Å². The molecule has 54 valence electrons. The quantitative estimate of drug-likeness (QED) is 0.391. The average molecular weight is 143 g/mol. The van der Waals surface area contributed by atoms with Crippen LogP contribution in [0.4, 0.5) is 0 Å². The van der Waals surface area contributed by atoms with Crippen LogP contribution in [0, 0.1) is 12.0 Å². The van der Waals surface area contributed by atoms with Crippen molar-refractivity contribution in [1.82, 2.24) is 4.90 Å². The third-order valence-corrected chi connectivity index (χ3v) is 1.58. The van der Waals surface area contributed by atoms with E-state index in [1.54, 1.807) is 0 Å². The highest BCUT2D eigenvalue weighted by Gasteiger charge is 2.10. The molecule has 0 radical (unpaired) electrons. The van der Waals surface area contributed by atoms with Crippen LogP contribution in [-0.2, 0) is 0 Å². The maximum atomic E-state index is 3.08. The van der Waals surface area contributed by atoms with E-state index >= 15 is 0 Å². The maximum Gasteiger partial charge on any atom is 0.0444 e. The summed E-state index contributed by atoms with van der Waals surface area (Å²) in [5, 5.41) is 0. The first-order chi connectivity index (χ1) is 5.45. The highest BCUT2D eigenvalue weighted by molar-refractivity contribution is 5.33. The van der Waals surface area contributed by atoms with Crippen LogP contribution in [0.5, 0.6) is 0 Å². The summed E-state index contributed by atoms with van der Waals surface area (Å²) in [7, 11) is 0. The Kier molecular flexibility index (Phi) is 1.53. The van der Waals surface area contributed by atoms with E-state index in [0.717, 1.165) is 18.7 Å². The zero-order chi connectivity index (χ0) is 7.52. The molecule has 0 atom stereocenters. The number of hydrogen-bond donors (Lipinski definition) is 0. The first kappa shape index (κ1) is 6.30. The first-order valence-electron chi connectivity index (χ1n) is 3.77. The monoisotopic (exact) mass is 143 g/mol. The second kappa shape index (κ2) is 2.67. The van der Waals surface area contributed by atoms with Crippen LogP contribution >= 0.6 is 0 Å². The predicted molar refractivity (Wildman–Crippen MR) is 44.9 cm³/mol. The Bertz CT molecular complexity index is 288. The lowest BCUT2D eigenvalue weighted by Gasteiger charge is -1.86. The van der Waals surface area contributed by atoms with Crippen LogP contribution in [0.3, 0.4) is 0 Å². The molecule has 1 fully saturated rings. The van der Waals surface area contributed by atoms with Gasteiger partial charge in [0.2, 0.25) is 0 Å². The number of nitrogens with zero attached hydrogens (tertiary/aromatic N) is 1. The lowest BCUT2D eigenvalue weighted by molar-refractivity contribution is 0.818. The van der Waals surface area contributed by atoms with Crippen LogP contribution in [0.25, 0.3) is 0 Å². The molecule has 1 heteroatoms. The summed E-state index contributed by atoms with van der Waals surface area (Å²) in [5.41, 5.74) is 1.10. The van der Waals surface area contributed by atoms with Gasteiger partial charge in [0.1, 0.15) is 0 Å². The zero-order valence-electron chi connectivity index (χ0n) is 6.25. The molecule has 1 nitrogen and oxygen atoms in total. The SMILES string of the molecule is C(#CN1CC1)c1ccccc1. The summed E-state index contributed by atoms with van der Waals surface area (Å²) in [6.45, 7) is 2.28. The third kappa shape index (κ3) is 1.75. The summed E-state index contributed by atoms with van der Waals surface area (Å²) in [5.74, 6) is 3.08. The molecule has 2 rings (SSSR count). The zero-order valence-corrected chi connectivity index (χ0v) is 6.25. The van der Waals surface area contributed by atoms with Gasteiger partial charge in [0, 0.05) is 24.7 Å². The molecule has 0 aliphatic carbocycles. The van der Waals surface area contributed by atoms with Crippen LogP contribution in [-0.4, -0.2) is 18.0 Å². The van der Waals surface area contributed by atoms with Crippen molar-refractivity contribution in [3.63, 3.8) is 0 Å². The highest BCUT2D eigenvalue weighted by atomic mass is 15.2. The average Bonchev–Trinajstić information content (AvgIpc) is 2.86. The van der Waals surface area contributed by atoms with Gasteiger partial charge in [-0.05, 0) is 18.1 Å². The standard InChI is InChI=1S/C10H9N/c1-2-4-10(5-3-1)6-7-11-8-9-11/h1-5H,8-9H2. The summed E-state index contributed by atoms with van der Waals surface area (Å²) >= 11 is 0. The van der Waals surface area contributed by atoms with E-state index < -0.39 is 0 Å². The smallest absolute Gasteiger partial charge is 0.0444 e. The number of rotatable bonds is 0. The minimum atomic E-state index is 1.10. The molecule has 0 spiro atoms. The topological polar surface area (TPSA) is 3.01 Å². The van der Waals surface area contributed by atoms with Crippen molar-refractivity contribution >= 4 is 0 Å². The van der Waals surface area contributed by atoms with Gasteiger partial charge < -0.3 is 4.90 Å². The Hall–Kier alpha value is -1.42. The van der Waals surface area contributed by atoms with E-state index in [1.807, 2.05) is 30.3 Å². The van der Waals surface area contributed by atoms with Gasteiger partial charge in [-0.2, -0.15) is 0 Å². The largest absolute Gasteiger partial charge is 0.329 e. The van der Waals surface area contributed by atoms with Crippen LogP contribution in [0.1, 0.15) is 5.56 Å². The van der Waals surface area contributed by atoms with Gasteiger partial charge in [0.15, 0.2) is 0 Å². The summed E-state index contributed by atoms with van der Waals surface area (Å²) < 4.78 is 0. The van der Waals surface area contributed by atoms with E-state index in [9.17, 15) is 0 Å². The van der Waals surface area contributed by atoms with Crippen molar-refractivity contribution in [3.8, 4) is 12.0 Å². The minimum absolute atomic E-state index is 1.10. The molecule has 0 unspecified atom stereocenters. The molecule has 1 saturated heterocycles. The summed E-state index contributed by atoms with van der Waals surface area (Å²) in [6, 6.07) is 13.1. The Morgan fingerprint density at radius 1 is 1.09 bits per heavy atom. The molecule has 0 bridgehead atoms. The molecular weight excluding hydrogens is 134 g/mol. The molecule has 0 N–H and O–H groups in total. The molecule has 0 amide bonds. The molecule has 1 heterocycles. The van der Waals surface area contributed by atoms with Crippen molar-refractivity contribution in [3.05, 3.63) is 35.9 Å². The molecular formula is C10H9N. The Morgan fingerprint density at radius 3 is 2.45 bits per heavy atom. The van der Waals surface area contributed by atoms with Gasteiger partial charge in [-0.15, -0.1) is 0 Å². The summed E-state index contributed by atoms with van der Waals surface area (Å²) in [6.07, 6.45) is 0. The minimum Gasteiger partial charge on any atom is -0.329 e. The molecule has 0 aromatic heterocycles. The normalized spacial score (nSPS) is 13.6. The van der Waals surface area contributed by atoms with Gasteiger partial charge in [-0.25, -0.2) is 0 Å². The molecule has 1 aliphatic heterocycles. The van der Waals surface area contributed by atoms with Gasteiger partial charge in [-0.1, -0.05) is 18.2 Å². The van der Waals surface area contributed by atoms with Gasteiger partial charge in [0.25, 0.3) is 0 Å². The van der Waals surface area contributed by atoms with Crippen molar-refractivity contribution in [2.24, 2.45) is 0 Å². The molecule has 0 saturated carbocycles. The van der Waals surface area contributed by atoms with Gasteiger partial charge in [-0.3, -0.25) is 0 Å². The number of hydrogen-bond acceptors (Lipinski definition) is 1. The van der Waals surface area contributed by atoms with Crippen LogP contribution in [0.2, 0.25) is 0 Å². The first-order valence-corrected chi connectivity index (χ1v) is 3.77. The Balaban J connectivity index is 2.12. The Morgan fingerprint density at radius 2 is 1.82 bits per heavy atom. The molecule has 1 aromatic rings. The van der Waals surface area contributed by atoms with Gasteiger partial charge in [0.05, 0.1) is 0 Å². The van der Waals surface area contributed by atoms with Crippen LogP contribution < -0.4 is 0 Å². The van der Waals surface area contributed by atoms with Crippen molar-refractivity contribution in [2.45, 2.75) is 0 Å². The molecule has 1 aromatic carbocycles. The highest BCUT2D eigenvalue weighted by Crippen LogP contribution is 2.00. The molecule has 1 aliphatic rings. The maximum absolute atomic E-state index is 3.08. The number of benzene rings is 1. The van der Waals surface area contributed by atoms with Crippen LogP contribution in [0.15, 0.2) is 30.3 Å². The fourth-order valence-corrected chi connectivity index (χ4v) is 0.827. The van der Waals surface area contributed by atoms with Crippen molar-refractivity contribution in [2.75, 3.05) is 13.1 Å². The second-order valence-corrected chi connectivity index (χ2v) is 2.59. The van der Waals surface area contributed by atoms with E-state index in [4.69, 9.17) is 0 Å². The Labute approximate surface area is 66.6 Å². The van der Waals surface area contributed by atoms with Gasteiger partial charge >= 0.3 is 0 Å². The summed E-state index contributed by atoms with van der Waals surface area (Å²) in [4.78, 5) is 2.09. The second-order valence-electron chi connectivity index (χ2n) is 2.59. The van der Waals surface area contributed by atoms with E-state index in [-0.39, 0.29) is 0 Å². The van der Waals surface area contributed by atoms with Crippen molar-refractivity contribution in [1.29, 1.82) is 0 Å². The molecule has 11 heavy (non-hydrogen) atoms. The lowest BCUT2D eigenvalue weighted by atomic mass is 10.2. The fraction of sp³-hybridized carbons (Fsp3) is 0.200. The van der Waals surface area contributed by atoms with E-state index in [2.05, 4.69) is 16.9 Å². The third-order valence-electron chi connectivity index (χ3n) is 1.58. The lowest BCUT2D eigenvalue weighted by Crippen LogP contribution is -1.80. The van der Waals surface area contributed by atoms with Crippen molar-refractivity contribution < 1.29 is 0 Å². The van der Waals surface area contributed by atoms with E-state index in [1.165, 1.54) is 0 Å². The predicted octanol–water partition coefficient (Wildman–Crippen LogP) is 1.31.